The van der Waals surface area contributed by atoms with E-state index >= 15 is 0 Å². The van der Waals surface area contributed by atoms with Crippen molar-refractivity contribution in [2.75, 3.05) is 17.4 Å². The highest BCUT2D eigenvalue weighted by molar-refractivity contribution is 7.93. The van der Waals surface area contributed by atoms with E-state index in [0.29, 0.717) is 29.6 Å². The first-order valence-corrected chi connectivity index (χ1v) is 12.8. The molecule has 1 heterocycles. The molecule has 1 atom stereocenters. The van der Waals surface area contributed by atoms with Crippen LogP contribution >= 0.6 is 0 Å². The number of anilines is 1. The minimum absolute atomic E-state index is 0.213. The van der Waals surface area contributed by atoms with Crippen molar-refractivity contribution in [3.8, 4) is 11.1 Å². The fourth-order valence-corrected chi connectivity index (χ4v) is 5.72. The van der Waals surface area contributed by atoms with Gasteiger partial charge in [-0.2, -0.15) is 0 Å². The van der Waals surface area contributed by atoms with Gasteiger partial charge in [0.15, 0.2) is 0 Å². The maximum atomic E-state index is 13.4. The highest BCUT2D eigenvalue weighted by Gasteiger charge is 2.36. The fraction of sp³-hybridized carbons (Fsp3) is 0.480. The summed E-state index contributed by atoms with van der Waals surface area (Å²) in [7, 11) is -3.81. The first-order chi connectivity index (χ1) is 14.8. The maximum Gasteiger partial charge on any atom is 0.265 e. The lowest BCUT2D eigenvalue weighted by molar-refractivity contribution is -0.119. The third-order valence-corrected chi connectivity index (χ3v) is 7.94. The number of carbonyl (C=O) groups excluding carboxylic acids is 1. The molecule has 0 bridgehead atoms. The molecule has 1 aliphatic rings. The number of hydrogen-bond acceptors (Lipinski definition) is 3. The molecule has 0 aromatic heterocycles. The van der Waals surface area contributed by atoms with Crippen LogP contribution in [-0.4, -0.2) is 27.4 Å². The molecule has 168 valence electrons. The average Bonchev–Trinajstić information content (AvgIpc) is 2.76. The minimum Gasteiger partial charge on any atom is -0.354 e. The van der Waals surface area contributed by atoms with Crippen molar-refractivity contribution in [2.24, 2.45) is 5.92 Å². The molecule has 0 spiro atoms. The summed E-state index contributed by atoms with van der Waals surface area (Å²) in [6, 6.07) is 12.9. The normalized spacial score (nSPS) is 15.3. The van der Waals surface area contributed by atoms with Gasteiger partial charge in [-0.05, 0) is 42.0 Å². The van der Waals surface area contributed by atoms with Crippen LogP contribution in [-0.2, 0) is 14.8 Å². The number of unbranched alkanes of at least 4 members (excludes halogenated alkanes) is 1. The number of carbonyl (C=O) groups is 1. The van der Waals surface area contributed by atoms with E-state index < -0.39 is 10.0 Å². The third-order valence-electron chi connectivity index (χ3n) is 6.12. The Kier molecular flexibility index (Phi) is 7.42. The van der Waals surface area contributed by atoms with Crippen LogP contribution in [0.3, 0.4) is 0 Å². The molecule has 2 aromatic rings. The van der Waals surface area contributed by atoms with Gasteiger partial charge in [-0.1, -0.05) is 71.2 Å². The summed E-state index contributed by atoms with van der Waals surface area (Å²) < 4.78 is 28.1. The van der Waals surface area contributed by atoms with Crippen molar-refractivity contribution in [1.82, 2.24) is 5.32 Å². The summed E-state index contributed by atoms with van der Waals surface area (Å²) in [6.45, 7) is 8.88. The first-order valence-electron chi connectivity index (χ1n) is 11.3. The van der Waals surface area contributed by atoms with E-state index in [4.69, 9.17) is 0 Å². The van der Waals surface area contributed by atoms with Crippen molar-refractivity contribution in [3.05, 3.63) is 48.0 Å². The topological polar surface area (TPSA) is 66.5 Å². The smallest absolute Gasteiger partial charge is 0.265 e. The molecule has 31 heavy (non-hydrogen) atoms. The number of fused-ring (bicyclic) bond motifs is 3. The van der Waals surface area contributed by atoms with E-state index in [1.807, 2.05) is 24.3 Å². The summed E-state index contributed by atoms with van der Waals surface area (Å²) in [5.41, 5.74) is 3.26. The van der Waals surface area contributed by atoms with E-state index in [2.05, 4.69) is 39.1 Å². The van der Waals surface area contributed by atoms with Crippen LogP contribution in [0.4, 0.5) is 5.69 Å². The molecule has 1 N–H and O–H groups in total. The van der Waals surface area contributed by atoms with Gasteiger partial charge in [0.05, 0.1) is 10.6 Å². The molecule has 6 heteroatoms. The lowest BCUT2D eigenvalue weighted by atomic mass is 9.95. The largest absolute Gasteiger partial charge is 0.354 e. The summed E-state index contributed by atoms with van der Waals surface area (Å²) in [5.74, 6) is 0.474. The molecule has 3 rings (SSSR count). The Morgan fingerprint density at radius 2 is 1.81 bits per heavy atom. The van der Waals surface area contributed by atoms with Crippen LogP contribution in [0.25, 0.3) is 11.1 Å². The first kappa shape index (κ1) is 23.3. The molecule has 0 fully saturated rings. The molecule has 1 amide bonds. The van der Waals surface area contributed by atoms with Gasteiger partial charge in [-0.15, -0.1) is 0 Å². The van der Waals surface area contributed by atoms with Crippen LogP contribution in [0.15, 0.2) is 47.4 Å². The molecule has 0 saturated heterocycles. The quantitative estimate of drug-likeness (QED) is 0.572. The lowest BCUT2D eigenvalue weighted by Crippen LogP contribution is -2.43. The SMILES string of the molecule is CCCC[C@H](CC)CNC(=O)CN1c2ccc(C(C)C)cc2-c2ccccc2S1(=O)=O. The number of sulfonamides is 1. The van der Waals surface area contributed by atoms with Crippen LogP contribution in [0.5, 0.6) is 0 Å². The number of nitrogens with one attached hydrogen (secondary N) is 1. The number of rotatable bonds is 9. The van der Waals surface area contributed by atoms with Crippen LogP contribution in [0.2, 0.25) is 0 Å². The van der Waals surface area contributed by atoms with Gasteiger partial charge in [-0.3, -0.25) is 9.10 Å². The summed E-state index contributed by atoms with van der Waals surface area (Å²) in [4.78, 5) is 13.0. The zero-order valence-electron chi connectivity index (χ0n) is 19.0. The monoisotopic (exact) mass is 442 g/mol. The zero-order valence-corrected chi connectivity index (χ0v) is 19.8. The second-order valence-electron chi connectivity index (χ2n) is 8.66. The Morgan fingerprint density at radius 3 is 2.48 bits per heavy atom. The third kappa shape index (κ3) is 4.95. The molecule has 0 radical (unpaired) electrons. The van der Waals surface area contributed by atoms with E-state index in [1.165, 1.54) is 4.31 Å². The summed E-state index contributed by atoms with van der Waals surface area (Å²) in [6.07, 6.45) is 4.34. The van der Waals surface area contributed by atoms with Crippen molar-refractivity contribution in [3.63, 3.8) is 0 Å². The number of benzene rings is 2. The maximum absolute atomic E-state index is 13.4. The molecular formula is C25H34N2O3S. The van der Waals surface area contributed by atoms with Crippen molar-refractivity contribution in [1.29, 1.82) is 0 Å². The average molecular weight is 443 g/mol. The second kappa shape index (κ2) is 9.86. The Balaban J connectivity index is 1.90. The Morgan fingerprint density at radius 1 is 1.06 bits per heavy atom. The molecule has 1 aliphatic heterocycles. The van der Waals surface area contributed by atoms with Crippen molar-refractivity contribution < 1.29 is 13.2 Å². The standard InChI is InChI=1S/C25H34N2O3S/c1-5-7-10-19(6-2)16-26-25(28)17-27-23-14-13-20(18(3)4)15-22(23)21-11-8-9-12-24(21)31(27,29)30/h8-9,11-15,18-19H,5-7,10,16-17H2,1-4H3,(H,26,28)/t19-/m0/s1. The molecule has 0 aliphatic carbocycles. The Hall–Kier alpha value is -2.34. The van der Waals surface area contributed by atoms with Crippen molar-refractivity contribution >= 4 is 21.6 Å². The highest BCUT2D eigenvalue weighted by atomic mass is 32.2. The number of hydrogen-bond donors (Lipinski definition) is 1. The van der Waals surface area contributed by atoms with E-state index in [-0.39, 0.29) is 17.3 Å². The van der Waals surface area contributed by atoms with Crippen molar-refractivity contribution in [2.45, 2.75) is 64.2 Å². The van der Waals surface area contributed by atoms with E-state index in [9.17, 15) is 13.2 Å². The predicted molar refractivity (Wildman–Crippen MR) is 127 cm³/mol. The van der Waals surface area contributed by atoms with Gasteiger partial charge in [0.1, 0.15) is 6.54 Å². The highest BCUT2D eigenvalue weighted by Crippen LogP contribution is 2.43. The van der Waals surface area contributed by atoms with E-state index in [1.54, 1.807) is 12.1 Å². The fourth-order valence-electron chi connectivity index (χ4n) is 4.07. The van der Waals surface area contributed by atoms with Gasteiger partial charge >= 0.3 is 0 Å². The minimum atomic E-state index is -3.81. The molecule has 5 nitrogen and oxygen atoms in total. The van der Waals surface area contributed by atoms with Crippen LogP contribution in [0, 0.1) is 5.92 Å². The van der Waals surface area contributed by atoms with Gasteiger partial charge in [0, 0.05) is 17.7 Å². The summed E-state index contributed by atoms with van der Waals surface area (Å²) in [5, 5.41) is 2.97. The Bertz CT molecular complexity index is 1030. The number of nitrogens with zero attached hydrogens (tertiary/aromatic N) is 1. The number of amides is 1. The van der Waals surface area contributed by atoms with Crippen LogP contribution < -0.4 is 9.62 Å². The second-order valence-corrected chi connectivity index (χ2v) is 10.5. The van der Waals surface area contributed by atoms with Crippen LogP contribution in [0.1, 0.15) is 64.9 Å². The van der Waals surface area contributed by atoms with E-state index in [0.717, 1.165) is 36.8 Å². The zero-order chi connectivity index (χ0) is 22.6. The summed E-state index contributed by atoms with van der Waals surface area (Å²) >= 11 is 0. The molecular weight excluding hydrogens is 408 g/mol. The molecule has 0 saturated carbocycles. The molecule has 2 aromatic carbocycles. The Labute approximate surface area is 186 Å². The van der Waals surface area contributed by atoms with Gasteiger partial charge in [-0.25, -0.2) is 8.42 Å². The van der Waals surface area contributed by atoms with Gasteiger partial charge < -0.3 is 5.32 Å². The van der Waals surface area contributed by atoms with Gasteiger partial charge in [0.25, 0.3) is 10.0 Å². The molecule has 0 unspecified atom stereocenters. The lowest BCUT2D eigenvalue weighted by Gasteiger charge is -2.32. The van der Waals surface area contributed by atoms with Gasteiger partial charge in [0.2, 0.25) is 5.91 Å². The predicted octanol–water partition coefficient (Wildman–Crippen LogP) is 5.32.